The topological polar surface area (TPSA) is 12.0 Å². The highest BCUT2D eigenvalue weighted by Gasteiger charge is 2.20. The van der Waals surface area contributed by atoms with Crippen molar-refractivity contribution in [3.63, 3.8) is 0 Å². The van der Waals surface area contributed by atoms with Gasteiger partial charge >= 0.3 is 0 Å². The Hall–Kier alpha value is -0.420. The molecule has 1 aromatic carbocycles. The Labute approximate surface area is 129 Å². The molecule has 19 heavy (non-hydrogen) atoms. The van der Waals surface area contributed by atoms with E-state index < -0.39 is 0 Å². The third kappa shape index (κ3) is 3.57. The fraction of sp³-hybridized carbons (Fsp3) is 0.286. The Morgan fingerprint density at radius 1 is 1.37 bits per heavy atom. The highest BCUT2D eigenvalue weighted by molar-refractivity contribution is 9.11. The monoisotopic (exact) mass is 361 g/mol. The average molecular weight is 363 g/mol. The van der Waals surface area contributed by atoms with Crippen LogP contribution in [-0.2, 0) is 0 Å². The number of hydrogen-bond donors (Lipinski definition) is 1. The summed E-state index contributed by atoms with van der Waals surface area (Å²) in [7, 11) is 0. The molecule has 0 spiro atoms. The minimum atomic E-state index is -0.345. The summed E-state index contributed by atoms with van der Waals surface area (Å²) in [6, 6.07) is 8.95. The van der Waals surface area contributed by atoms with Gasteiger partial charge in [0.15, 0.2) is 0 Å². The molecule has 1 nitrogen and oxygen atoms in total. The van der Waals surface area contributed by atoms with E-state index in [1.165, 1.54) is 0 Å². The van der Waals surface area contributed by atoms with Crippen LogP contribution in [0.1, 0.15) is 29.8 Å². The normalized spacial score (nSPS) is 12.6. The predicted octanol–water partition coefficient (Wildman–Crippen LogP) is 5.39. The van der Waals surface area contributed by atoms with Gasteiger partial charge in [0.25, 0.3) is 0 Å². The number of thiophene rings is 1. The summed E-state index contributed by atoms with van der Waals surface area (Å²) in [6.45, 7) is 2.91. The fourth-order valence-electron chi connectivity index (χ4n) is 1.88. The van der Waals surface area contributed by atoms with Crippen molar-refractivity contribution in [2.75, 3.05) is 6.54 Å². The van der Waals surface area contributed by atoms with Crippen molar-refractivity contribution in [1.82, 2.24) is 5.32 Å². The second-order valence-electron chi connectivity index (χ2n) is 4.17. The summed E-state index contributed by atoms with van der Waals surface area (Å²) in [5, 5.41) is 3.54. The maximum Gasteiger partial charge on any atom is 0.146 e. The molecule has 1 unspecified atom stereocenters. The molecule has 0 bridgehead atoms. The number of halogens is 3. The first-order chi connectivity index (χ1) is 9.13. The van der Waals surface area contributed by atoms with E-state index in [9.17, 15) is 4.39 Å². The van der Waals surface area contributed by atoms with E-state index in [4.69, 9.17) is 11.6 Å². The van der Waals surface area contributed by atoms with Crippen molar-refractivity contribution in [2.24, 2.45) is 0 Å². The minimum Gasteiger partial charge on any atom is -0.306 e. The first-order valence-electron chi connectivity index (χ1n) is 6.06. The molecule has 5 heteroatoms. The van der Waals surface area contributed by atoms with Gasteiger partial charge in [-0.3, -0.25) is 0 Å². The van der Waals surface area contributed by atoms with Gasteiger partial charge in [0.1, 0.15) is 5.82 Å². The molecule has 0 aliphatic carbocycles. The lowest BCUT2D eigenvalue weighted by Gasteiger charge is -2.18. The van der Waals surface area contributed by atoms with Crippen molar-refractivity contribution < 1.29 is 4.39 Å². The minimum absolute atomic E-state index is 0.157. The van der Waals surface area contributed by atoms with Gasteiger partial charge < -0.3 is 5.32 Å². The first kappa shape index (κ1) is 15.0. The zero-order valence-corrected chi connectivity index (χ0v) is 13.6. The van der Waals surface area contributed by atoms with E-state index in [-0.39, 0.29) is 16.9 Å². The van der Waals surface area contributed by atoms with Gasteiger partial charge in [0.05, 0.1) is 14.9 Å². The highest BCUT2D eigenvalue weighted by Crippen LogP contribution is 2.33. The molecule has 0 aliphatic heterocycles. The fourth-order valence-corrected chi connectivity index (χ4v) is 3.58. The van der Waals surface area contributed by atoms with Crippen LogP contribution in [0.5, 0.6) is 0 Å². The smallest absolute Gasteiger partial charge is 0.146 e. The molecule has 0 aliphatic rings. The SMILES string of the molecule is CCCNC(c1ccc(Br)s1)c1cccc(Cl)c1F. The number of benzene rings is 1. The standard InChI is InChI=1S/C14H14BrClFNS/c1-2-8-18-14(11-6-7-12(15)19-11)9-4-3-5-10(16)13(9)17/h3-7,14,18H,2,8H2,1H3. The molecule has 0 saturated carbocycles. The maximum atomic E-state index is 14.2. The third-order valence-electron chi connectivity index (χ3n) is 2.77. The van der Waals surface area contributed by atoms with Gasteiger partial charge in [0.2, 0.25) is 0 Å². The molecule has 0 fully saturated rings. The summed E-state index contributed by atoms with van der Waals surface area (Å²) in [5.74, 6) is -0.345. The second kappa shape index (κ2) is 6.84. The van der Waals surface area contributed by atoms with Crippen LogP contribution >= 0.6 is 38.9 Å². The van der Waals surface area contributed by atoms with Crippen LogP contribution in [0.2, 0.25) is 5.02 Å². The lowest BCUT2D eigenvalue weighted by atomic mass is 10.0. The second-order valence-corrected chi connectivity index (χ2v) is 7.07. The summed E-state index contributed by atoms with van der Waals surface area (Å²) >= 11 is 10.9. The van der Waals surface area contributed by atoms with E-state index in [0.717, 1.165) is 21.6 Å². The van der Waals surface area contributed by atoms with E-state index in [1.807, 2.05) is 12.1 Å². The van der Waals surface area contributed by atoms with Gasteiger partial charge in [-0.25, -0.2) is 4.39 Å². The molecule has 1 heterocycles. The lowest BCUT2D eigenvalue weighted by Crippen LogP contribution is -2.23. The molecule has 1 aromatic heterocycles. The molecule has 1 N–H and O–H groups in total. The van der Waals surface area contributed by atoms with Crippen molar-refractivity contribution in [3.05, 3.63) is 55.4 Å². The van der Waals surface area contributed by atoms with Crippen LogP contribution < -0.4 is 5.32 Å². The Kier molecular flexibility index (Phi) is 5.39. The van der Waals surface area contributed by atoms with Crippen molar-refractivity contribution in [2.45, 2.75) is 19.4 Å². The Morgan fingerprint density at radius 2 is 2.16 bits per heavy atom. The molecule has 102 valence electrons. The molecule has 2 aromatic rings. The summed E-state index contributed by atoms with van der Waals surface area (Å²) in [5.41, 5.74) is 0.593. The van der Waals surface area contributed by atoms with E-state index in [2.05, 4.69) is 28.2 Å². The van der Waals surface area contributed by atoms with Crippen LogP contribution in [0.25, 0.3) is 0 Å². The molecular weight excluding hydrogens is 349 g/mol. The van der Waals surface area contributed by atoms with Gasteiger partial charge in [-0.2, -0.15) is 0 Å². The molecule has 1 atom stereocenters. The molecular formula is C14H14BrClFNS. The highest BCUT2D eigenvalue weighted by atomic mass is 79.9. The van der Waals surface area contributed by atoms with Crippen molar-refractivity contribution in [3.8, 4) is 0 Å². The first-order valence-corrected chi connectivity index (χ1v) is 8.04. The van der Waals surface area contributed by atoms with Gasteiger partial charge in [-0.05, 0) is 47.1 Å². The van der Waals surface area contributed by atoms with Gasteiger partial charge in [0, 0.05) is 10.4 Å². The maximum absolute atomic E-state index is 14.2. The molecule has 0 amide bonds. The lowest BCUT2D eigenvalue weighted by molar-refractivity contribution is 0.551. The number of rotatable bonds is 5. The number of nitrogens with one attached hydrogen (secondary N) is 1. The predicted molar refractivity (Wildman–Crippen MR) is 83.6 cm³/mol. The van der Waals surface area contributed by atoms with Gasteiger partial charge in [-0.15, -0.1) is 11.3 Å². The summed E-state index contributed by atoms with van der Waals surface area (Å²) in [6.07, 6.45) is 0.991. The van der Waals surface area contributed by atoms with E-state index in [0.29, 0.717) is 5.56 Å². The van der Waals surface area contributed by atoms with Crippen LogP contribution in [0.3, 0.4) is 0 Å². The van der Waals surface area contributed by atoms with Crippen molar-refractivity contribution >= 4 is 38.9 Å². The number of hydrogen-bond acceptors (Lipinski definition) is 2. The quantitative estimate of drug-likeness (QED) is 0.751. The molecule has 0 saturated heterocycles. The average Bonchev–Trinajstić information content (AvgIpc) is 2.81. The Morgan fingerprint density at radius 3 is 2.79 bits per heavy atom. The Bertz CT molecular complexity index is 558. The zero-order valence-electron chi connectivity index (χ0n) is 10.4. The van der Waals surface area contributed by atoms with E-state index in [1.54, 1.807) is 29.5 Å². The summed E-state index contributed by atoms with van der Waals surface area (Å²) in [4.78, 5) is 1.07. The van der Waals surface area contributed by atoms with Crippen LogP contribution in [0, 0.1) is 5.82 Å². The van der Waals surface area contributed by atoms with E-state index >= 15 is 0 Å². The van der Waals surface area contributed by atoms with Crippen LogP contribution in [0.15, 0.2) is 34.1 Å². The zero-order chi connectivity index (χ0) is 13.8. The molecule has 2 rings (SSSR count). The van der Waals surface area contributed by atoms with Crippen molar-refractivity contribution in [1.29, 1.82) is 0 Å². The third-order valence-corrected chi connectivity index (χ3v) is 4.75. The Balaban J connectivity index is 2.39. The largest absolute Gasteiger partial charge is 0.306 e. The molecule has 0 radical (unpaired) electrons. The van der Waals surface area contributed by atoms with Gasteiger partial charge in [-0.1, -0.05) is 30.7 Å². The van der Waals surface area contributed by atoms with Crippen LogP contribution in [-0.4, -0.2) is 6.54 Å². The summed E-state index contributed by atoms with van der Waals surface area (Å²) < 4.78 is 15.2. The van der Waals surface area contributed by atoms with Crippen LogP contribution in [0.4, 0.5) is 4.39 Å².